The summed E-state index contributed by atoms with van der Waals surface area (Å²) < 4.78 is 4.60. The van der Waals surface area contributed by atoms with Crippen molar-refractivity contribution in [2.75, 3.05) is 33.3 Å². The van der Waals surface area contributed by atoms with Crippen molar-refractivity contribution in [3.8, 4) is 17.2 Å². The minimum absolute atomic E-state index is 0.0642. The number of nitrogens with zero attached hydrogens (tertiary/aromatic N) is 2. The first-order chi connectivity index (χ1) is 9.93. The molecule has 114 valence electrons. The average molecular weight is 296 g/mol. The molecular weight excluding hydrogens is 280 g/mol. The summed E-state index contributed by atoms with van der Waals surface area (Å²) in [5.74, 6) is -2.19. The largest absolute Gasteiger partial charge is 0.504 e. The maximum Gasteiger partial charge on any atom is 0.409 e. The highest BCUT2D eigenvalue weighted by Crippen LogP contribution is 2.35. The molecule has 1 aliphatic heterocycles. The Morgan fingerprint density at radius 3 is 1.95 bits per heavy atom. The van der Waals surface area contributed by atoms with Crippen LogP contribution in [0.2, 0.25) is 0 Å². The molecule has 8 nitrogen and oxygen atoms in total. The number of rotatable bonds is 1. The number of hydrogen-bond donors (Lipinski definition) is 3. The number of phenols is 3. The third-order valence-corrected chi connectivity index (χ3v) is 3.32. The Labute approximate surface area is 120 Å². The van der Waals surface area contributed by atoms with Gasteiger partial charge in [-0.3, -0.25) is 4.79 Å². The summed E-state index contributed by atoms with van der Waals surface area (Å²) in [5.41, 5.74) is 0.0642. The SMILES string of the molecule is COC(=O)N1CCN(C(=O)c2cc(O)c(O)c(O)c2)CC1. The molecule has 0 aromatic heterocycles. The zero-order chi connectivity index (χ0) is 15.6. The van der Waals surface area contributed by atoms with E-state index in [4.69, 9.17) is 0 Å². The molecule has 0 unspecified atom stereocenters. The molecule has 0 spiro atoms. The van der Waals surface area contributed by atoms with E-state index in [0.29, 0.717) is 26.2 Å². The number of hydrogen-bond acceptors (Lipinski definition) is 6. The van der Waals surface area contributed by atoms with Crippen LogP contribution in [0.5, 0.6) is 17.2 Å². The van der Waals surface area contributed by atoms with Gasteiger partial charge in [0.15, 0.2) is 17.2 Å². The van der Waals surface area contributed by atoms with Crippen LogP contribution in [0.25, 0.3) is 0 Å². The molecule has 0 atom stereocenters. The fourth-order valence-electron chi connectivity index (χ4n) is 2.13. The molecule has 0 aliphatic carbocycles. The lowest BCUT2D eigenvalue weighted by Gasteiger charge is -2.33. The highest BCUT2D eigenvalue weighted by molar-refractivity contribution is 5.95. The standard InChI is InChI=1S/C13H16N2O6/c1-21-13(20)15-4-2-14(3-5-15)12(19)8-6-9(16)11(18)10(17)7-8/h6-7,16-18H,2-5H2,1H3. The number of carbonyl (C=O) groups is 2. The Hall–Kier alpha value is -2.64. The van der Waals surface area contributed by atoms with E-state index in [-0.39, 0.29) is 5.56 Å². The Bertz CT molecular complexity index is 543. The maximum absolute atomic E-state index is 12.2. The molecule has 2 amide bonds. The third-order valence-electron chi connectivity index (χ3n) is 3.32. The average Bonchev–Trinajstić information content (AvgIpc) is 2.50. The fraction of sp³-hybridized carbons (Fsp3) is 0.385. The predicted octanol–water partition coefficient (Wildman–Crippen LogP) is 0.328. The second-order valence-electron chi connectivity index (χ2n) is 4.61. The summed E-state index contributed by atoms with van der Waals surface area (Å²) in [6, 6.07) is 2.17. The first kappa shape index (κ1) is 14.8. The lowest BCUT2D eigenvalue weighted by Crippen LogP contribution is -2.50. The minimum Gasteiger partial charge on any atom is -0.504 e. The molecule has 21 heavy (non-hydrogen) atoms. The summed E-state index contributed by atoms with van der Waals surface area (Å²) in [4.78, 5) is 26.6. The monoisotopic (exact) mass is 296 g/mol. The van der Waals surface area contributed by atoms with Gasteiger partial charge >= 0.3 is 6.09 Å². The second kappa shape index (κ2) is 5.78. The third kappa shape index (κ3) is 2.93. The van der Waals surface area contributed by atoms with Crippen molar-refractivity contribution in [2.24, 2.45) is 0 Å². The summed E-state index contributed by atoms with van der Waals surface area (Å²) in [7, 11) is 1.29. The number of phenolic OH excluding ortho intramolecular Hbond substituents is 3. The van der Waals surface area contributed by atoms with Crippen LogP contribution in [0.1, 0.15) is 10.4 Å². The van der Waals surface area contributed by atoms with Crippen molar-refractivity contribution in [2.45, 2.75) is 0 Å². The molecule has 1 aromatic carbocycles. The van der Waals surface area contributed by atoms with Gasteiger partial charge in [-0.15, -0.1) is 0 Å². The van der Waals surface area contributed by atoms with Crippen molar-refractivity contribution < 1.29 is 29.6 Å². The number of aromatic hydroxyl groups is 3. The molecule has 1 fully saturated rings. The minimum atomic E-state index is -0.665. The lowest BCUT2D eigenvalue weighted by molar-refractivity contribution is 0.0599. The first-order valence-corrected chi connectivity index (χ1v) is 6.31. The number of amides is 2. The summed E-state index contributed by atoms with van der Waals surface area (Å²) in [6.07, 6.45) is -0.443. The maximum atomic E-state index is 12.2. The predicted molar refractivity (Wildman–Crippen MR) is 71.3 cm³/mol. The van der Waals surface area contributed by atoms with Gasteiger partial charge in [-0.25, -0.2) is 4.79 Å². The normalized spacial score (nSPS) is 14.9. The first-order valence-electron chi connectivity index (χ1n) is 6.31. The molecule has 0 saturated carbocycles. The number of carbonyl (C=O) groups excluding carboxylic acids is 2. The Kier molecular flexibility index (Phi) is 4.06. The van der Waals surface area contributed by atoms with E-state index in [1.54, 1.807) is 0 Å². The number of benzene rings is 1. The van der Waals surface area contributed by atoms with Crippen LogP contribution >= 0.6 is 0 Å². The van der Waals surface area contributed by atoms with Crippen LogP contribution < -0.4 is 0 Å². The summed E-state index contributed by atoms with van der Waals surface area (Å²) in [6.45, 7) is 1.32. The van der Waals surface area contributed by atoms with Crippen LogP contribution in [0.4, 0.5) is 4.79 Å². The molecule has 0 radical (unpaired) electrons. The van der Waals surface area contributed by atoms with Gasteiger partial charge in [0, 0.05) is 31.7 Å². The zero-order valence-corrected chi connectivity index (χ0v) is 11.4. The van der Waals surface area contributed by atoms with Gasteiger partial charge in [-0.2, -0.15) is 0 Å². The molecular formula is C13H16N2O6. The van der Waals surface area contributed by atoms with Crippen LogP contribution in [-0.4, -0.2) is 70.4 Å². The summed E-state index contributed by atoms with van der Waals surface area (Å²) in [5, 5.41) is 28.1. The molecule has 2 rings (SSSR count). The number of piperazine rings is 1. The van der Waals surface area contributed by atoms with Crippen LogP contribution in [-0.2, 0) is 4.74 Å². The van der Waals surface area contributed by atoms with E-state index in [9.17, 15) is 24.9 Å². The van der Waals surface area contributed by atoms with Crippen LogP contribution in [0.15, 0.2) is 12.1 Å². The van der Waals surface area contributed by atoms with Crippen LogP contribution in [0.3, 0.4) is 0 Å². The number of methoxy groups -OCH3 is 1. The fourth-order valence-corrected chi connectivity index (χ4v) is 2.13. The van der Waals surface area contributed by atoms with Crippen LogP contribution in [0, 0.1) is 0 Å². The van der Waals surface area contributed by atoms with Crippen molar-refractivity contribution in [1.82, 2.24) is 9.80 Å². The lowest BCUT2D eigenvalue weighted by atomic mass is 10.1. The van der Waals surface area contributed by atoms with Crippen molar-refractivity contribution >= 4 is 12.0 Å². The Balaban J connectivity index is 2.07. The zero-order valence-electron chi connectivity index (χ0n) is 11.4. The second-order valence-corrected chi connectivity index (χ2v) is 4.61. The van der Waals surface area contributed by atoms with Gasteiger partial charge in [-0.05, 0) is 12.1 Å². The topological polar surface area (TPSA) is 111 Å². The Morgan fingerprint density at radius 1 is 1.00 bits per heavy atom. The van der Waals surface area contributed by atoms with E-state index in [1.807, 2.05) is 0 Å². The van der Waals surface area contributed by atoms with Crippen molar-refractivity contribution in [3.63, 3.8) is 0 Å². The molecule has 8 heteroatoms. The Morgan fingerprint density at radius 2 is 1.48 bits per heavy atom. The smallest absolute Gasteiger partial charge is 0.409 e. The van der Waals surface area contributed by atoms with Gasteiger partial charge in [0.05, 0.1) is 7.11 Å². The van der Waals surface area contributed by atoms with Crippen molar-refractivity contribution in [1.29, 1.82) is 0 Å². The number of ether oxygens (including phenoxy) is 1. The van der Waals surface area contributed by atoms with Gasteiger partial charge in [0.2, 0.25) is 0 Å². The van der Waals surface area contributed by atoms with Crippen molar-refractivity contribution in [3.05, 3.63) is 17.7 Å². The van der Waals surface area contributed by atoms with E-state index in [1.165, 1.54) is 16.9 Å². The highest BCUT2D eigenvalue weighted by atomic mass is 16.5. The molecule has 0 bridgehead atoms. The molecule has 1 saturated heterocycles. The summed E-state index contributed by atoms with van der Waals surface area (Å²) >= 11 is 0. The molecule has 1 heterocycles. The van der Waals surface area contributed by atoms with Gasteiger partial charge in [-0.1, -0.05) is 0 Å². The van der Waals surface area contributed by atoms with E-state index >= 15 is 0 Å². The molecule has 1 aromatic rings. The van der Waals surface area contributed by atoms with Gasteiger partial charge < -0.3 is 29.9 Å². The van der Waals surface area contributed by atoms with E-state index in [2.05, 4.69) is 4.74 Å². The molecule has 3 N–H and O–H groups in total. The molecule has 1 aliphatic rings. The van der Waals surface area contributed by atoms with Gasteiger partial charge in [0.25, 0.3) is 5.91 Å². The van der Waals surface area contributed by atoms with Gasteiger partial charge in [0.1, 0.15) is 0 Å². The highest BCUT2D eigenvalue weighted by Gasteiger charge is 2.26. The van der Waals surface area contributed by atoms with E-state index in [0.717, 1.165) is 12.1 Å². The van der Waals surface area contributed by atoms with E-state index < -0.39 is 29.2 Å². The quantitative estimate of drug-likeness (QED) is 0.644.